The summed E-state index contributed by atoms with van der Waals surface area (Å²) in [4.78, 5) is 72.3. The lowest BCUT2D eigenvalue weighted by molar-refractivity contribution is -0.142. The lowest BCUT2D eigenvalue weighted by atomic mass is 10.0. The monoisotopic (exact) mass is 567 g/mol. The van der Waals surface area contributed by atoms with Gasteiger partial charge in [-0.1, -0.05) is 0 Å². The predicted octanol–water partition coefficient (Wildman–Crippen LogP) is -3.73. The molecule has 0 fully saturated rings. The number of carbonyl (C=O) groups is 5. The van der Waals surface area contributed by atoms with E-state index in [-0.39, 0.29) is 51.0 Å². The number of aromatic nitrogens is 2. The van der Waals surface area contributed by atoms with Crippen LogP contribution in [0.5, 0.6) is 0 Å². The van der Waals surface area contributed by atoms with E-state index < -0.39 is 53.8 Å². The molecule has 0 bridgehead atoms. The molecule has 1 rings (SSSR count). The van der Waals surface area contributed by atoms with Crippen LogP contribution in [0, 0.1) is 0 Å². The zero-order chi connectivity index (χ0) is 30.1. The second-order valence-electron chi connectivity index (χ2n) is 9.15. The number of aliphatic carboxylic acids is 1. The molecule has 0 radical (unpaired) electrons. The molecule has 40 heavy (non-hydrogen) atoms. The average molecular weight is 568 g/mol. The lowest BCUT2D eigenvalue weighted by Crippen LogP contribution is -2.57. The van der Waals surface area contributed by atoms with Gasteiger partial charge in [-0.3, -0.25) is 24.2 Å². The summed E-state index contributed by atoms with van der Waals surface area (Å²) in [6, 6.07) is -4.65. The quantitative estimate of drug-likeness (QED) is 0.0414. The average Bonchev–Trinajstić information content (AvgIpc) is 3.40. The zero-order valence-electron chi connectivity index (χ0n) is 22.3. The summed E-state index contributed by atoms with van der Waals surface area (Å²) in [5.41, 5.74) is 27.7. The van der Waals surface area contributed by atoms with Crippen LogP contribution in [0.25, 0.3) is 0 Å². The van der Waals surface area contributed by atoms with Gasteiger partial charge >= 0.3 is 5.97 Å². The highest BCUT2D eigenvalue weighted by atomic mass is 16.4. The van der Waals surface area contributed by atoms with Crippen LogP contribution >= 0.6 is 0 Å². The van der Waals surface area contributed by atoms with E-state index in [1.807, 2.05) is 0 Å². The van der Waals surface area contributed by atoms with E-state index >= 15 is 0 Å². The van der Waals surface area contributed by atoms with E-state index in [0.29, 0.717) is 25.1 Å². The first-order valence-corrected chi connectivity index (χ1v) is 12.8. The highest BCUT2D eigenvalue weighted by molar-refractivity contribution is 5.94. The predicted molar refractivity (Wildman–Crippen MR) is 145 cm³/mol. The van der Waals surface area contributed by atoms with Crippen molar-refractivity contribution >= 4 is 35.6 Å². The Morgan fingerprint density at radius 2 is 1.50 bits per heavy atom. The Labute approximate surface area is 231 Å². The van der Waals surface area contributed by atoms with Crippen molar-refractivity contribution < 1.29 is 29.1 Å². The molecule has 4 amide bonds. The second-order valence-corrected chi connectivity index (χ2v) is 9.15. The number of carbonyl (C=O) groups excluding carboxylic acids is 4. The number of H-pyrrole nitrogens is 1. The first-order valence-electron chi connectivity index (χ1n) is 12.8. The van der Waals surface area contributed by atoms with Crippen LogP contribution in [-0.4, -0.2) is 87.9 Å². The third-order valence-electron chi connectivity index (χ3n) is 5.79. The first kappa shape index (κ1) is 33.8. The minimum absolute atomic E-state index is 0.0129. The minimum Gasteiger partial charge on any atom is -0.480 e. The number of nitrogens with one attached hydrogen (secondary N) is 4. The van der Waals surface area contributed by atoms with Crippen molar-refractivity contribution in [3.05, 3.63) is 18.2 Å². The van der Waals surface area contributed by atoms with Gasteiger partial charge in [-0.25, -0.2) is 9.78 Å². The minimum atomic E-state index is -1.31. The number of carboxylic acids is 1. The second kappa shape index (κ2) is 18.1. The van der Waals surface area contributed by atoms with E-state index in [9.17, 15) is 29.1 Å². The number of imidazole rings is 1. The number of unbranched alkanes of at least 4 members (excludes halogenated alkanes) is 1. The van der Waals surface area contributed by atoms with E-state index in [1.54, 1.807) is 0 Å². The fourth-order valence-corrected chi connectivity index (χ4v) is 3.60. The summed E-state index contributed by atoms with van der Waals surface area (Å²) in [5.74, 6) is -4.17. The molecule has 0 aliphatic carbocycles. The van der Waals surface area contributed by atoms with Crippen molar-refractivity contribution in [2.24, 2.45) is 33.7 Å². The summed E-state index contributed by atoms with van der Waals surface area (Å²) in [6.07, 6.45) is 4.20. The van der Waals surface area contributed by atoms with Gasteiger partial charge in [0.05, 0.1) is 12.4 Å². The molecule has 0 aromatic carbocycles. The standard InChI is InChI=1S/C23H41N11O6/c24-8-2-1-4-15(32-19(36)14(25)6-7-18(26)35)20(37)33-16(5-3-9-30-23(27)28)21(38)34-17(22(39)40)10-13-11-29-12-31-13/h11-12,14-17H,1-10,24-25H2,(H2,26,35)(H,29,31)(H,32,36)(H,33,37)(H,34,38)(H,39,40)(H4,27,28,30). The molecular formula is C23H41N11O6. The summed E-state index contributed by atoms with van der Waals surface area (Å²) >= 11 is 0. The maximum absolute atomic E-state index is 13.2. The maximum atomic E-state index is 13.2. The Kier molecular flexibility index (Phi) is 15.3. The van der Waals surface area contributed by atoms with Crippen molar-refractivity contribution in [1.82, 2.24) is 25.9 Å². The van der Waals surface area contributed by atoms with Gasteiger partial charge in [-0.05, 0) is 45.1 Å². The number of guanidine groups is 1. The number of aliphatic imine (C=N–C) groups is 1. The van der Waals surface area contributed by atoms with Gasteiger partial charge in [0.15, 0.2) is 5.96 Å². The van der Waals surface area contributed by atoms with Crippen LogP contribution in [0.1, 0.15) is 50.6 Å². The van der Waals surface area contributed by atoms with E-state index in [1.165, 1.54) is 12.5 Å². The summed E-state index contributed by atoms with van der Waals surface area (Å²) in [5, 5.41) is 17.2. The normalized spacial score (nSPS) is 13.8. The van der Waals surface area contributed by atoms with Gasteiger partial charge in [-0.2, -0.15) is 0 Å². The largest absolute Gasteiger partial charge is 0.480 e. The topological polar surface area (TPSA) is 313 Å². The molecule has 15 N–H and O–H groups in total. The van der Waals surface area contributed by atoms with E-state index in [2.05, 4.69) is 30.9 Å². The van der Waals surface area contributed by atoms with Crippen LogP contribution in [-0.2, 0) is 30.4 Å². The Morgan fingerprint density at radius 1 is 0.900 bits per heavy atom. The molecule has 4 unspecified atom stereocenters. The Balaban J connectivity index is 3.04. The van der Waals surface area contributed by atoms with Gasteiger partial charge in [0, 0.05) is 31.3 Å². The highest BCUT2D eigenvalue weighted by Crippen LogP contribution is 2.07. The number of hydrogen-bond acceptors (Lipinski definition) is 9. The third kappa shape index (κ3) is 13.5. The molecule has 17 heteroatoms. The van der Waals surface area contributed by atoms with E-state index in [0.717, 1.165) is 0 Å². The Hall–Kier alpha value is -4.25. The smallest absolute Gasteiger partial charge is 0.326 e. The van der Waals surface area contributed by atoms with Gasteiger partial charge in [0.25, 0.3) is 0 Å². The van der Waals surface area contributed by atoms with Gasteiger partial charge in [0.2, 0.25) is 23.6 Å². The fourth-order valence-electron chi connectivity index (χ4n) is 3.60. The van der Waals surface area contributed by atoms with Crippen LogP contribution in [0.4, 0.5) is 0 Å². The lowest BCUT2D eigenvalue weighted by Gasteiger charge is -2.25. The van der Waals surface area contributed by atoms with Crippen molar-refractivity contribution in [1.29, 1.82) is 0 Å². The van der Waals surface area contributed by atoms with Gasteiger partial charge < -0.3 is 54.7 Å². The molecule has 0 saturated carbocycles. The van der Waals surface area contributed by atoms with Crippen LogP contribution in [0.3, 0.4) is 0 Å². The number of rotatable bonds is 20. The van der Waals surface area contributed by atoms with Crippen molar-refractivity contribution in [2.75, 3.05) is 13.1 Å². The van der Waals surface area contributed by atoms with Gasteiger partial charge in [0.1, 0.15) is 18.1 Å². The summed E-state index contributed by atoms with van der Waals surface area (Å²) < 4.78 is 0. The third-order valence-corrected chi connectivity index (χ3v) is 5.79. The van der Waals surface area contributed by atoms with Crippen LogP contribution in [0.15, 0.2) is 17.5 Å². The Bertz CT molecular complexity index is 997. The van der Waals surface area contributed by atoms with Crippen molar-refractivity contribution in [3.8, 4) is 0 Å². The molecule has 1 heterocycles. The highest BCUT2D eigenvalue weighted by Gasteiger charge is 2.30. The van der Waals surface area contributed by atoms with Crippen LogP contribution < -0.4 is 44.6 Å². The molecule has 0 aliphatic heterocycles. The fraction of sp³-hybridized carbons (Fsp3) is 0.609. The van der Waals surface area contributed by atoms with Crippen molar-refractivity contribution in [3.63, 3.8) is 0 Å². The molecule has 17 nitrogen and oxygen atoms in total. The molecule has 224 valence electrons. The maximum Gasteiger partial charge on any atom is 0.326 e. The Morgan fingerprint density at radius 3 is 2.02 bits per heavy atom. The molecule has 0 spiro atoms. The van der Waals surface area contributed by atoms with Gasteiger partial charge in [-0.15, -0.1) is 0 Å². The van der Waals surface area contributed by atoms with Crippen LogP contribution in [0.2, 0.25) is 0 Å². The zero-order valence-corrected chi connectivity index (χ0v) is 22.3. The number of nitrogens with zero attached hydrogens (tertiary/aromatic N) is 2. The summed E-state index contributed by atoms with van der Waals surface area (Å²) in [6.45, 7) is 0.521. The molecular weight excluding hydrogens is 526 g/mol. The first-order chi connectivity index (χ1) is 18.9. The molecule has 0 aliphatic rings. The molecule has 1 aromatic rings. The number of hydrogen-bond donors (Lipinski definition) is 10. The number of amides is 4. The number of aromatic amines is 1. The van der Waals surface area contributed by atoms with Crippen molar-refractivity contribution in [2.45, 2.75) is 75.5 Å². The molecule has 1 aromatic heterocycles. The number of carboxylic acid groups (broad SMARTS) is 1. The molecule has 0 saturated heterocycles. The number of nitrogens with two attached hydrogens (primary N) is 5. The SMILES string of the molecule is NCCCCC(NC(=O)C(N)CCC(N)=O)C(=O)NC(CCCN=C(N)N)C(=O)NC(Cc1cnc[nH]1)C(=O)O. The van der Waals surface area contributed by atoms with E-state index in [4.69, 9.17) is 28.7 Å². The number of primary amides is 1. The summed E-state index contributed by atoms with van der Waals surface area (Å²) in [7, 11) is 0. The molecule has 4 atom stereocenters.